The van der Waals surface area contributed by atoms with Crippen molar-refractivity contribution in [1.29, 1.82) is 5.26 Å². The number of fused-ring (bicyclic) bond motifs is 1. The summed E-state index contributed by atoms with van der Waals surface area (Å²) in [6, 6.07) is 16.1. The summed E-state index contributed by atoms with van der Waals surface area (Å²) in [5.41, 5.74) is 2.06. The molecular weight excluding hydrogens is 266 g/mol. The summed E-state index contributed by atoms with van der Waals surface area (Å²) < 4.78 is 5.54. The maximum atomic E-state index is 9.67. The Labute approximate surface area is 120 Å². The lowest BCUT2D eigenvalue weighted by atomic mass is 10.3. The van der Waals surface area contributed by atoms with E-state index in [9.17, 15) is 10.4 Å². The van der Waals surface area contributed by atoms with E-state index in [0.29, 0.717) is 16.8 Å². The first-order chi connectivity index (χ1) is 10.3. The number of phenolic OH excluding ortho intramolecular Hbond substituents is 1. The lowest BCUT2D eigenvalue weighted by molar-refractivity contribution is 0.477. The quantitative estimate of drug-likeness (QED) is 0.565. The van der Waals surface area contributed by atoms with Crippen molar-refractivity contribution in [1.82, 2.24) is 4.98 Å². The molecule has 0 saturated carbocycles. The van der Waals surface area contributed by atoms with Crippen molar-refractivity contribution in [2.75, 3.05) is 5.32 Å². The molecule has 3 aromatic rings. The Balaban J connectivity index is 1.93. The maximum absolute atomic E-state index is 9.67. The Morgan fingerprint density at radius 3 is 2.71 bits per heavy atom. The molecule has 0 aliphatic heterocycles. The highest BCUT2D eigenvalue weighted by atomic mass is 16.3. The maximum Gasteiger partial charge on any atom is 0.239 e. The Morgan fingerprint density at radius 1 is 1.19 bits per heavy atom. The molecule has 1 aromatic heterocycles. The van der Waals surface area contributed by atoms with E-state index in [2.05, 4.69) is 10.3 Å². The largest absolute Gasteiger partial charge is 0.506 e. The van der Waals surface area contributed by atoms with E-state index in [0.717, 1.165) is 0 Å². The SMILES string of the molecule is N#C/C(=C/Nc1ccccc1O)c1nc2ccccc2o1. The van der Waals surface area contributed by atoms with Crippen LogP contribution in [0.2, 0.25) is 0 Å². The van der Waals surface area contributed by atoms with Gasteiger partial charge in [0.05, 0.1) is 5.69 Å². The number of allylic oxidation sites excluding steroid dienone is 1. The van der Waals surface area contributed by atoms with Gasteiger partial charge in [-0.2, -0.15) is 5.26 Å². The van der Waals surface area contributed by atoms with Crippen molar-refractivity contribution in [3.8, 4) is 11.8 Å². The molecule has 0 amide bonds. The topological polar surface area (TPSA) is 82.1 Å². The van der Waals surface area contributed by atoms with Gasteiger partial charge in [0.2, 0.25) is 5.89 Å². The smallest absolute Gasteiger partial charge is 0.239 e. The molecule has 0 unspecified atom stereocenters. The van der Waals surface area contributed by atoms with Gasteiger partial charge in [-0.25, -0.2) is 4.98 Å². The van der Waals surface area contributed by atoms with Crippen LogP contribution < -0.4 is 5.32 Å². The summed E-state index contributed by atoms with van der Waals surface area (Å²) in [4.78, 5) is 4.26. The van der Waals surface area contributed by atoms with Crippen molar-refractivity contribution < 1.29 is 9.52 Å². The molecule has 0 atom stereocenters. The first kappa shape index (κ1) is 12.8. The number of nitrogens with one attached hydrogen (secondary N) is 1. The average molecular weight is 277 g/mol. The normalized spacial score (nSPS) is 11.3. The highest BCUT2D eigenvalue weighted by Gasteiger charge is 2.10. The molecule has 1 heterocycles. The van der Waals surface area contributed by atoms with Gasteiger partial charge in [0.15, 0.2) is 5.58 Å². The minimum atomic E-state index is 0.101. The molecule has 0 fully saturated rings. The Bertz CT molecular complexity index is 826. The number of aromatic hydroxyl groups is 1. The molecule has 2 N–H and O–H groups in total. The monoisotopic (exact) mass is 277 g/mol. The summed E-state index contributed by atoms with van der Waals surface area (Å²) >= 11 is 0. The fourth-order valence-electron chi connectivity index (χ4n) is 1.87. The van der Waals surface area contributed by atoms with Crippen molar-refractivity contribution in [2.24, 2.45) is 0 Å². The summed E-state index contributed by atoms with van der Waals surface area (Å²) in [5.74, 6) is 0.338. The van der Waals surface area contributed by atoms with Crippen LogP contribution in [0, 0.1) is 11.3 Å². The fraction of sp³-hybridized carbons (Fsp3) is 0. The van der Waals surface area contributed by atoms with Gasteiger partial charge in [0.1, 0.15) is 22.9 Å². The minimum absolute atomic E-state index is 0.101. The third kappa shape index (κ3) is 2.55. The number of hydrogen-bond acceptors (Lipinski definition) is 5. The number of aromatic nitrogens is 1. The minimum Gasteiger partial charge on any atom is -0.506 e. The Morgan fingerprint density at radius 2 is 1.95 bits per heavy atom. The van der Waals surface area contributed by atoms with Crippen LogP contribution in [0.5, 0.6) is 5.75 Å². The lowest BCUT2D eigenvalue weighted by Crippen LogP contribution is -1.91. The van der Waals surface area contributed by atoms with E-state index < -0.39 is 0 Å². The second-order valence-electron chi connectivity index (χ2n) is 4.32. The predicted octanol–water partition coefficient (Wildman–Crippen LogP) is 3.51. The van der Waals surface area contributed by atoms with Crippen LogP contribution >= 0.6 is 0 Å². The van der Waals surface area contributed by atoms with Crippen LogP contribution in [-0.4, -0.2) is 10.1 Å². The molecule has 5 heteroatoms. The van der Waals surface area contributed by atoms with E-state index >= 15 is 0 Å². The number of nitrogens with zero attached hydrogens (tertiary/aromatic N) is 2. The molecule has 0 radical (unpaired) electrons. The number of benzene rings is 2. The van der Waals surface area contributed by atoms with Gasteiger partial charge in [-0.1, -0.05) is 24.3 Å². The van der Waals surface area contributed by atoms with Gasteiger partial charge < -0.3 is 14.8 Å². The van der Waals surface area contributed by atoms with Gasteiger partial charge in [-0.3, -0.25) is 0 Å². The third-order valence-electron chi connectivity index (χ3n) is 2.92. The zero-order valence-electron chi connectivity index (χ0n) is 10.9. The molecular formula is C16H11N3O2. The molecule has 0 bridgehead atoms. The van der Waals surface area contributed by atoms with Crippen LogP contribution in [-0.2, 0) is 0 Å². The molecule has 5 nitrogen and oxygen atoms in total. The predicted molar refractivity (Wildman–Crippen MR) is 79.3 cm³/mol. The fourth-order valence-corrected chi connectivity index (χ4v) is 1.87. The molecule has 0 spiro atoms. The second-order valence-corrected chi connectivity index (χ2v) is 4.32. The molecule has 0 saturated heterocycles. The number of nitriles is 1. The van der Waals surface area contributed by atoms with Gasteiger partial charge in [0.25, 0.3) is 0 Å². The van der Waals surface area contributed by atoms with Crippen molar-refractivity contribution >= 4 is 22.4 Å². The van der Waals surface area contributed by atoms with Crippen LogP contribution in [0.15, 0.2) is 59.1 Å². The molecule has 3 rings (SSSR count). The third-order valence-corrected chi connectivity index (χ3v) is 2.92. The first-order valence-electron chi connectivity index (χ1n) is 6.28. The number of phenols is 1. The van der Waals surface area contributed by atoms with Crippen molar-refractivity contribution in [2.45, 2.75) is 0 Å². The Kier molecular flexibility index (Phi) is 3.27. The highest BCUT2D eigenvalue weighted by molar-refractivity contribution is 5.80. The average Bonchev–Trinajstić information content (AvgIpc) is 2.93. The van der Waals surface area contributed by atoms with E-state index in [1.165, 1.54) is 6.20 Å². The standard InChI is InChI=1S/C16H11N3O2/c17-9-11(10-18-12-5-1-3-7-14(12)20)16-19-13-6-2-4-8-15(13)21-16/h1-8,10,18,20H/b11-10-. The number of para-hydroxylation sites is 4. The van der Waals surface area contributed by atoms with Gasteiger partial charge >= 0.3 is 0 Å². The number of rotatable bonds is 3. The molecule has 0 aliphatic carbocycles. The van der Waals surface area contributed by atoms with Crippen molar-refractivity contribution in [3.63, 3.8) is 0 Å². The van der Waals surface area contributed by atoms with Crippen LogP contribution in [0.1, 0.15) is 5.89 Å². The van der Waals surface area contributed by atoms with Crippen LogP contribution in [0.3, 0.4) is 0 Å². The zero-order chi connectivity index (χ0) is 14.7. The van der Waals surface area contributed by atoms with Gasteiger partial charge in [-0.05, 0) is 24.3 Å². The Hall–Kier alpha value is -3.26. The summed E-state index contributed by atoms with van der Waals surface area (Å²) in [6.07, 6.45) is 1.46. The van der Waals surface area contributed by atoms with Crippen LogP contribution in [0.25, 0.3) is 16.7 Å². The van der Waals surface area contributed by atoms with Crippen LogP contribution in [0.4, 0.5) is 5.69 Å². The van der Waals surface area contributed by atoms with E-state index in [1.54, 1.807) is 30.3 Å². The summed E-state index contributed by atoms with van der Waals surface area (Å²) in [6.45, 7) is 0. The summed E-state index contributed by atoms with van der Waals surface area (Å²) in [7, 11) is 0. The molecule has 102 valence electrons. The van der Waals surface area contributed by atoms with Gasteiger partial charge in [0, 0.05) is 6.20 Å². The second kappa shape index (κ2) is 5.39. The zero-order valence-corrected chi connectivity index (χ0v) is 10.9. The van der Waals surface area contributed by atoms with Gasteiger partial charge in [-0.15, -0.1) is 0 Å². The lowest BCUT2D eigenvalue weighted by Gasteiger charge is -2.03. The number of oxazole rings is 1. The van der Waals surface area contributed by atoms with E-state index in [1.807, 2.05) is 24.3 Å². The number of hydrogen-bond donors (Lipinski definition) is 2. The van der Waals surface area contributed by atoms with E-state index in [4.69, 9.17) is 4.42 Å². The number of anilines is 1. The first-order valence-corrected chi connectivity index (χ1v) is 6.28. The molecule has 2 aromatic carbocycles. The molecule has 21 heavy (non-hydrogen) atoms. The molecule has 0 aliphatic rings. The summed E-state index contributed by atoms with van der Waals surface area (Å²) in [5, 5.41) is 21.8. The highest BCUT2D eigenvalue weighted by Crippen LogP contribution is 2.24. The van der Waals surface area contributed by atoms with E-state index in [-0.39, 0.29) is 17.2 Å². The van der Waals surface area contributed by atoms with Crippen molar-refractivity contribution in [3.05, 3.63) is 60.6 Å².